The van der Waals surface area contributed by atoms with Crippen molar-refractivity contribution < 1.29 is 0 Å². The van der Waals surface area contributed by atoms with Crippen molar-refractivity contribution in [1.29, 1.82) is 0 Å². The summed E-state index contributed by atoms with van der Waals surface area (Å²) < 4.78 is 0. The Morgan fingerprint density at radius 2 is 2.00 bits per heavy atom. The summed E-state index contributed by atoms with van der Waals surface area (Å²) >= 11 is 5.96. The predicted octanol–water partition coefficient (Wildman–Crippen LogP) is 2.28. The Hall–Kier alpha value is -1.42. The predicted molar refractivity (Wildman–Crippen MR) is 63.8 cm³/mol. The van der Waals surface area contributed by atoms with Gasteiger partial charge in [-0.1, -0.05) is 11.6 Å². The van der Waals surface area contributed by atoms with Gasteiger partial charge < -0.3 is 4.90 Å². The topological polar surface area (TPSA) is 41.9 Å². The SMILES string of the molecule is Clc1nccc2nc(N3CCCC3)ncc12. The Bertz CT molecular complexity index is 522. The quantitative estimate of drug-likeness (QED) is 0.710. The van der Waals surface area contributed by atoms with Crippen LogP contribution in [0, 0.1) is 0 Å². The van der Waals surface area contributed by atoms with Crippen LogP contribution in [0.2, 0.25) is 5.15 Å². The molecule has 0 amide bonds. The molecule has 1 aliphatic heterocycles. The Balaban J connectivity index is 2.08. The lowest BCUT2D eigenvalue weighted by atomic mass is 10.3. The molecule has 4 nitrogen and oxygen atoms in total. The monoisotopic (exact) mass is 234 g/mol. The number of pyridine rings is 1. The molecule has 16 heavy (non-hydrogen) atoms. The van der Waals surface area contributed by atoms with E-state index >= 15 is 0 Å². The van der Waals surface area contributed by atoms with Gasteiger partial charge in [-0.2, -0.15) is 0 Å². The van der Waals surface area contributed by atoms with Gasteiger partial charge in [0.2, 0.25) is 5.95 Å². The van der Waals surface area contributed by atoms with Gasteiger partial charge in [0.15, 0.2) is 0 Å². The third kappa shape index (κ3) is 1.59. The minimum Gasteiger partial charge on any atom is -0.341 e. The first-order valence-corrected chi connectivity index (χ1v) is 5.74. The van der Waals surface area contributed by atoms with Crippen molar-refractivity contribution in [3.8, 4) is 0 Å². The number of hydrogen-bond acceptors (Lipinski definition) is 4. The van der Waals surface area contributed by atoms with Gasteiger partial charge in [-0.15, -0.1) is 0 Å². The zero-order valence-electron chi connectivity index (χ0n) is 8.73. The molecule has 2 aromatic heterocycles. The van der Waals surface area contributed by atoms with Gasteiger partial charge >= 0.3 is 0 Å². The van der Waals surface area contributed by atoms with Crippen LogP contribution < -0.4 is 4.90 Å². The molecule has 1 fully saturated rings. The lowest BCUT2D eigenvalue weighted by Crippen LogP contribution is -2.20. The Morgan fingerprint density at radius 3 is 2.81 bits per heavy atom. The van der Waals surface area contributed by atoms with Gasteiger partial charge in [0, 0.05) is 25.5 Å². The zero-order chi connectivity index (χ0) is 11.0. The molecule has 5 heteroatoms. The second kappa shape index (κ2) is 3.87. The molecular formula is C11H11ClN4. The number of nitrogens with zero attached hydrogens (tertiary/aromatic N) is 4. The Kier molecular flexibility index (Phi) is 2.36. The van der Waals surface area contributed by atoms with Crippen molar-refractivity contribution >= 4 is 28.5 Å². The fraction of sp³-hybridized carbons (Fsp3) is 0.364. The fourth-order valence-electron chi connectivity index (χ4n) is 1.98. The van der Waals surface area contributed by atoms with Crippen LogP contribution in [-0.2, 0) is 0 Å². The lowest BCUT2D eigenvalue weighted by molar-refractivity contribution is 0.907. The molecule has 0 radical (unpaired) electrons. The number of aromatic nitrogens is 3. The van der Waals surface area contributed by atoms with E-state index in [2.05, 4.69) is 19.9 Å². The van der Waals surface area contributed by atoms with E-state index < -0.39 is 0 Å². The number of halogens is 1. The number of fused-ring (bicyclic) bond motifs is 1. The number of hydrogen-bond donors (Lipinski definition) is 0. The van der Waals surface area contributed by atoms with Gasteiger partial charge in [-0.25, -0.2) is 15.0 Å². The third-order valence-corrected chi connectivity index (χ3v) is 3.14. The van der Waals surface area contributed by atoms with E-state index in [1.165, 1.54) is 12.8 Å². The average Bonchev–Trinajstić information content (AvgIpc) is 2.82. The normalized spacial score (nSPS) is 15.9. The van der Waals surface area contributed by atoms with E-state index in [0.29, 0.717) is 5.15 Å². The van der Waals surface area contributed by atoms with Crippen molar-refractivity contribution in [2.24, 2.45) is 0 Å². The minimum atomic E-state index is 0.463. The largest absolute Gasteiger partial charge is 0.341 e. The van der Waals surface area contributed by atoms with Crippen LogP contribution in [0.15, 0.2) is 18.5 Å². The molecule has 0 atom stereocenters. The maximum Gasteiger partial charge on any atom is 0.225 e. The van der Waals surface area contributed by atoms with E-state index in [9.17, 15) is 0 Å². The fourth-order valence-corrected chi connectivity index (χ4v) is 2.19. The van der Waals surface area contributed by atoms with Gasteiger partial charge in [0.1, 0.15) is 5.15 Å². The van der Waals surface area contributed by atoms with Gasteiger partial charge in [-0.3, -0.25) is 0 Å². The highest BCUT2D eigenvalue weighted by atomic mass is 35.5. The molecular weight excluding hydrogens is 224 g/mol. The van der Waals surface area contributed by atoms with Crippen LogP contribution in [0.4, 0.5) is 5.95 Å². The molecule has 3 rings (SSSR count). The van der Waals surface area contributed by atoms with E-state index in [1.54, 1.807) is 12.4 Å². The Morgan fingerprint density at radius 1 is 1.19 bits per heavy atom. The summed E-state index contributed by atoms with van der Waals surface area (Å²) in [6.45, 7) is 2.09. The van der Waals surface area contributed by atoms with Crippen molar-refractivity contribution in [1.82, 2.24) is 15.0 Å². The van der Waals surface area contributed by atoms with E-state index in [1.807, 2.05) is 6.07 Å². The van der Waals surface area contributed by atoms with E-state index in [0.717, 1.165) is 29.9 Å². The first kappa shape index (κ1) is 9.78. The van der Waals surface area contributed by atoms with E-state index in [-0.39, 0.29) is 0 Å². The summed E-state index contributed by atoms with van der Waals surface area (Å²) in [7, 11) is 0. The highest BCUT2D eigenvalue weighted by Crippen LogP contribution is 2.22. The van der Waals surface area contributed by atoms with Gasteiger partial charge in [-0.05, 0) is 18.9 Å². The molecule has 1 saturated heterocycles. The summed E-state index contributed by atoms with van der Waals surface area (Å²) in [6, 6.07) is 1.86. The standard InChI is InChI=1S/C11H11ClN4/c12-10-8-7-14-11(16-5-1-2-6-16)15-9(8)3-4-13-10/h3-4,7H,1-2,5-6H2. The summed E-state index contributed by atoms with van der Waals surface area (Å²) in [4.78, 5) is 15.1. The molecule has 1 aliphatic rings. The molecule has 2 aromatic rings. The maximum atomic E-state index is 5.96. The molecule has 0 bridgehead atoms. The molecule has 0 aliphatic carbocycles. The van der Waals surface area contributed by atoms with Crippen LogP contribution in [0.1, 0.15) is 12.8 Å². The summed E-state index contributed by atoms with van der Waals surface area (Å²) in [5.41, 5.74) is 0.858. The summed E-state index contributed by atoms with van der Waals surface area (Å²) in [5.74, 6) is 0.798. The van der Waals surface area contributed by atoms with Crippen molar-refractivity contribution in [2.45, 2.75) is 12.8 Å². The van der Waals surface area contributed by atoms with Crippen molar-refractivity contribution in [3.63, 3.8) is 0 Å². The van der Waals surface area contributed by atoms with E-state index in [4.69, 9.17) is 11.6 Å². The molecule has 0 unspecified atom stereocenters. The molecule has 3 heterocycles. The molecule has 0 N–H and O–H groups in total. The summed E-state index contributed by atoms with van der Waals surface area (Å²) in [6.07, 6.45) is 5.87. The zero-order valence-corrected chi connectivity index (χ0v) is 9.48. The highest BCUT2D eigenvalue weighted by molar-refractivity contribution is 6.33. The second-order valence-electron chi connectivity index (χ2n) is 3.90. The third-order valence-electron chi connectivity index (χ3n) is 2.84. The first-order valence-electron chi connectivity index (χ1n) is 5.37. The van der Waals surface area contributed by atoms with Crippen LogP contribution in [-0.4, -0.2) is 28.0 Å². The summed E-state index contributed by atoms with van der Waals surface area (Å²) in [5, 5.41) is 1.28. The smallest absolute Gasteiger partial charge is 0.225 e. The van der Waals surface area contributed by atoms with Crippen LogP contribution >= 0.6 is 11.6 Å². The van der Waals surface area contributed by atoms with Crippen molar-refractivity contribution in [2.75, 3.05) is 18.0 Å². The number of rotatable bonds is 1. The molecule has 82 valence electrons. The second-order valence-corrected chi connectivity index (χ2v) is 4.26. The van der Waals surface area contributed by atoms with Gasteiger partial charge in [0.05, 0.1) is 10.9 Å². The molecule has 0 saturated carbocycles. The first-order chi connectivity index (χ1) is 7.84. The van der Waals surface area contributed by atoms with Crippen molar-refractivity contribution in [3.05, 3.63) is 23.6 Å². The molecule has 0 spiro atoms. The van der Waals surface area contributed by atoms with Crippen LogP contribution in [0.3, 0.4) is 0 Å². The average molecular weight is 235 g/mol. The van der Waals surface area contributed by atoms with Crippen LogP contribution in [0.25, 0.3) is 10.9 Å². The highest BCUT2D eigenvalue weighted by Gasteiger charge is 2.15. The minimum absolute atomic E-state index is 0.463. The Labute approximate surface area is 98.3 Å². The lowest BCUT2D eigenvalue weighted by Gasteiger charge is -2.14. The van der Waals surface area contributed by atoms with Crippen LogP contribution in [0.5, 0.6) is 0 Å². The van der Waals surface area contributed by atoms with Gasteiger partial charge in [0.25, 0.3) is 0 Å². The number of anilines is 1. The maximum absolute atomic E-state index is 5.96. The molecule has 0 aromatic carbocycles.